The molecule has 7 heteroatoms. The smallest absolute Gasteiger partial charge is 0.351 e. The minimum Gasteiger partial charge on any atom is -0.477 e. The Morgan fingerprint density at radius 1 is 0.889 bits per heavy atom. The molecule has 0 spiro atoms. The number of rotatable bonds is 3. The Hall–Kier alpha value is -3.42. The van der Waals surface area contributed by atoms with Crippen molar-refractivity contribution in [1.29, 1.82) is 0 Å². The topological polar surface area (TPSA) is 83.8 Å². The molecule has 1 aliphatic carbocycles. The molecule has 0 fully saturated rings. The molecule has 1 aliphatic heterocycles. The maximum absolute atomic E-state index is 13.3. The van der Waals surface area contributed by atoms with Gasteiger partial charge in [0, 0.05) is 12.0 Å². The third-order valence-corrected chi connectivity index (χ3v) is 9.54. The summed E-state index contributed by atoms with van der Waals surface area (Å²) >= 11 is 1.44. The molecule has 4 aromatic rings. The van der Waals surface area contributed by atoms with E-state index in [1.807, 2.05) is 6.07 Å². The first kappa shape index (κ1) is 24.3. The number of thioether (sulfide) groups is 1. The molecular formula is C29H25NO4S2. The summed E-state index contributed by atoms with van der Waals surface area (Å²) in [5.41, 5.74) is 2.41. The number of hydrogen-bond acceptors (Lipinski definition) is 5. The van der Waals surface area contributed by atoms with Crippen molar-refractivity contribution in [3.05, 3.63) is 102 Å². The van der Waals surface area contributed by atoms with Crippen molar-refractivity contribution in [2.75, 3.05) is 5.75 Å². The number of benzene rings is 4. The van der Waals surface area contributed by atoms with E-state index in [0.717, 1.165) is 18.4 Å². The molecule has 2 aliphatic rings. The van der Waals surface area contributed by atoms with Gasteiger partial charge in [-0.15, -0.1) is 11.8 Å². The summed E-state index contributed by atoms with van der Waals surface area (Å²) in [6.45, 7) is 0. The molecule has 0 aromatic heterocycles. The van der Waals surface area contributed by atoms with Crippen molar-refractivity contribution in [2.24, 2.45) is 4.99 Å². The Bertz CT molecular complexity index is 1610. The van der Waals surface area contributed by atoms with Gasteiger partial charge in [-0.1, -0.05) is 66.7 Å². The molecule has 5 nitrogen and oxygen atoms in total. The van der Waals surface area contributed by atoms with Gasteiger partial charge in [0.2, 0.25) is 0 Å². The van der Waals surface area contributed by atoms with Gasteiger partial charge in [-0.05, 0) is 69.5 Å². The van der Waals surface area contributed by atoms with Crippen LogP contribution in [-0.2, 0) is 21.1 Å². The summed E-state index contributed by atoms with van der Waals surface area (Å²) in [6, 6.07) is 25.7. The molecule has 1 atom stereocenters. The van der Waals surface area contributed by atoms with Crippen LogP contribution in [0, 0.1) is 0 Å². The normalized spacial score (nSPS) is 17.1. The van der Waals surface area contributed by atoms with Gasteiger partial charge in [-0.3, -0.25) is 4.99 Å². The zero-order valence-electron chi connectivity index (χ0n) is 19.5. The highest BCUT2D eigenvalue weighted by Gasteiger charge is 2.33. The van der Waals surface area contributed by atoms with Crippen LogP contribution in [0.1, 0.15) is 29.2 Å². The van der Waals surface area contributed by atoms with Gasteiger partial charge in [0.05, 0.1) is 10.1 Å². The fourth-order valence-corrected chi connectivity index (χ4v) is 7.41. The SMILES string of the molecule is O=C(O)C1=NC=CSC1.O=S(=O)(c1ccccc1)C1CCCc2c1ccc1c2ccc2ccccc21. The van der Waals surface area contributed by atoms with Crippen molar-refractivity contribution >= 4 is 54.8 Å². The molecule has 0 saturated heterocycles. The number of carbonyl (C=O) groups is 1. The highest BCUT2D eigenvalue weighted by atomic mass is 32.2. The highest BCUT2D eigenvalue weighted by Crippen LogP contribution is 2.42. The van der Waals surface area contributed by atoms with E-state index >= 15 is 0 Å². The van der Waals surface area contributed by atoms with Crippen LogP contribution >= 0.6 is 11.8 Å². The lowest BCUT2D eigenvalue weighted by Crippen LogP contribution is -2.19. The number of carboxylic acids is 1. The lowest BCUT2D eigenvalue weighted by molar-refractivity contribution is -0.129. The van der Waals surface area contributed by atoms with E-state index in [0.29, 0.717) is 17.1 Å². The zero-order valence-corrected chi connectivity index (χ0v) is 21.1. The number of hydrogen-bond donors (Lipinski definition) is 1. The van der Waals surface area contributed by atoms with Gasteiger partial charge in [-0.25, -0.2) is 13.2 Å². The number of fused-ring (bicyclic) bond motifs is 5. The average Bonchev–Trinajstić information content (AvgIpc) is 2.93. The number of aliphatic imine (C=N–C) groups is 1. The summed E-state index contributed by atoms with van der Waals surface area (Å²) in [5.74, 6) is -0.446. The Morgan fingerprint density at radius 3 is 2.36 bits per heavy atom. The lowest BCUT2D eigenvalue weighted by atomic mass is 9.86. The largest absolute Gasteiger partial charge is 0.477 e. The van der Waals surface area contributed by atoms with Gasteiger partial charge in [0.1, 0.15) is 5.71 Å². The van der Waals surface area contributed by atoms with E-state index < -0.39 is 21.1 Å². The van der Waals surface area contributed by atoms with Crippen LogP contribution in [0.4, 0.5) is 0 Å². The predicted octanol–water partition coefficient (Wildman–Crippen LogP) is 6.57. The van der Waals surface area contributed by atoms with Crippen molar-refractivity contribution in [3.63, 3.8) is 0 Å². The van der Waals surface area contributed by atoms with Crippen LogP contribution in [0.3, 0.4) is 0 Å². The quantitative estimate of drug-likeness (QED) is 0.312. The van der Waals surface area contributed by atoms with Gasteiger partial charge >= 0.3 is 5.97 Å². The Kier molecular flexibility index (Phi) is 6.94. The molecule has 4 aromatic carbocycles. The van der Waals surface area contributed by atoms with Gasteiger partial charge in [-0.2, -0.15) is 0 Å². The van der Waals surface area contributed by atoms with E-state index in [-0.39, 0.29) is 5.71 Å². The van der Waals surface area contributed by atoms with Gasteiger partial charge < -0.3 is 5.11 Å². The first-order valence-electron chi connectivity index (χ1n) is 11.8. The molecule has 0 amide bonds. The summed E-state index contributed by atoms with van der Waals surface area (Å²) in [7, 11) is -3.39. The summed E-state index contributed by atoms with van der Waals surface area (Å²) in [4.78, 5) is 14.2. The highest BCUT2D eigenvalue weighted by molar-refractivity contribution is 8.02. The number of aliphatic carboxylic acids is 1. The molecule has 0 saturated carbocycles. The van der Waals surface area contributed by atoms with Gasteiger partial charge in [0.15, 0.2) is 9.84 Å². The predicted molar refractivity (Wildman–Crippen MR) is 147 cm³/mol. The standard InChI is InChI=1S/C24H20O2S.C5H5NO2S/c25-27(26,18-8-2-1-3-9-18)24-12-6-11-20-22-14-13-17-7-4-5-10-19(17)21(22)15-16-23(20)24;7-5(8)4-3-9-2-1-6-4/h1-5,7-10,13-16,24H,6,11-12H2;1-2H,3H2,(H,7,8). The first-order chi connectivity index (χ1) is 17.5. The van der Waals surface area contributed by atoms with E-state index in [2.05, 4.69) is 53.5 Å². The first-order valence-corrected chi connectivity index (χ1v) is 14.3. The molecular weight excluding hydrogens is 490 g/mol. The minimum atomic E-state index is -3.39. The van der Waals surface area contributed by atoms with E-state index in [1.54, 1.807) is 29.7 Å². The molecule has 36 heavy (non-hydrogen) atoms. The van der Waals surface area contributed by atoms with Crippen LogP contribution < -0.4 is 0 Å². The molecule has 0 radical (unpaired) electrons. The maximum atomic E-state index is 13.3. The molecule has 1 heterocycles. The molecule has 6 rings (SSSR count). The van der Waals surface area contributed by atoms with Crippen molar-refractivity contribution in [1.82, 2.24) is 0 Å². The molecule has 1 unspecified atom stereocenters. The Balaban J connectivity index is 0.000000252. The van der Waals surface area contributed by atoms with Crippen molar-refractivity contribution in [2.45, 2.75) is 29.4 Å². The second kappa shape index (κ2) is 10.3. The summed E-state index contributed by atoms with van der Waals surface area (Å²) < 4.78 is 26.6. The lowest BCUT2D eigenvalue weighted by Gasteiger charge is -2.27. The summed E-state index contributed by atoms with van der Waals surface area (Å²) in [5, 5.41) is 14.5. The molecule has 182 valence electrons. The minimum absolute atomic E-state index is 0.225. The number of carboxylic acid groups (broad SMARTS) is 1. The van der Waals surface area contributed by atoms with Crippen LogP contribution in [0.2, 0.25) is 0 Å². The monoisotopic (exact) mass is 515 g/mol. The zero-order chi connectivity index (χ0) is 25.1. The maximum Gasteiger partial charge on any atom is 0.351 e. The van der Waals surface area contributed by atoms with E-state index in [9.17, 15) is 13.2 Å². The van der Waals surface area contributed by atoms with E-state index in [1.165, 1.54) is 45.1 Å². The van der Waals surface area contributed by atoms with Crippen LogP contribution in [0.5, 0.6) is 0 Å². The van der Waals surface area contributed by atoms with Gasteiger partial charge in [0.25, 0.3) is 0 Å². The third kappa shape index (κ3) is 4.68. The average molecular weight is 516 g/mol. The second-order valence-corrected chi connectivity index (χ2v) is 11.8. The number of nitrogens with zero attached hydrogens (tertiary/aromatic N) is 1. The number of aryl methyl sites for hydroxylation is 1. The fraction of sp³-hybridized carbons (Fsp3) is 0.172. The fourth-order valence-electron chi connectivity index (χ4n) is 4.91. The van der Waals surface area contributed by atoms with Crippen LogP contribution in [0.25, 0.3) is 21.5 Å². The Labute approximate surface area is 214 Å². The van der Waals surface area contributed by atoms with Crippen molar-refractivity contribution < 1.29 is 18.3 Å². The summed E-state index contributed by atoms with van der Waals surface area (Å²) in [6.07, 6.45) is 4.02. The van der Waals surface area contributed by atoms with Crippen LogP contribution in [-0.4, -0.2) is 31.0 Å². The van der Waals surface area contributed by atoms with Crippen LogP contribution in [0.15, 0.2) is 100 Å². The van der Waals surface area contributed by atoms with E-state index in [4.69, 9.17) is 5.11 Å². The second-order valence-electron chi connectivity index (χ2n) is 8.73. The third-order valence-electron chi connectivity index (χ3n) is 6.61. The molecule has 1 N–H and O–H groups in total. The Morgan fingerprint density at radius 2 is 1.64 bits per heavy atom. The van der Waals surface area contributed by atoms with Crippen molar-refractivity contribution in [3.8, 4) is 0 Å². The molecule has 0 bridgehead atoms. The number of sulfone groups is 1.